The number of amides is 3. The highest BCUT2D eigenvalue weighted by atomic mass is 16.2. The zero-order valence-corrected chi connectivity index (χ0v) is 15.0. The second kappa shape index (κ2) is 6.17. The van der Waals surface area contributed by atoms with Gasteiger partial charge in [0.15, 0.2) is 0 Å². The van der Waals surface area contributed by atoms with Crippen LogP contribution >= 0.6 is 0 Å². The van der Waals surface area contributed by atoms with Crippen molar-refractivity contribution in [3.8, 4) is 0 Å². The molecule has 0 spiro atoms. The molecule has 1 aromatic rings. The predicted octanol–water partition coefficient (Wildman–Crippen LogP) is 0.371. The lowest BCUT2D eigenvalue weighted by Crippen LogP contribution is -2.52. The summed E-state index contributed by atoms with van der Waals surface area (Å²) in [5.74, 6) is -0.765. The van der Waals surface area contributed by atoms with E-state index >= 15 is 0 Å². The third-order valence-electron chi connectivity index (χ3n) is 5.58. The molecule has 0 radical (unpaired) electrons. The van der Waals surface area contributed by atoms with Crippen LogP contribution in [0.2, 0.25) is 0 Å². The molecule has 2 atom stereocenters. The van der Waals surface area contributed by atoms with Crippen molar-refractivity contribution < 1.29 is 14.4 Å². The molecule has 1 aromatic carbocycles. The molecule has 0 saturated carbocycles. The number of carbonyl (C=O) groups is 3. The Bertz CT molecular complexity index is 789. The molecular formula is C19H24N4O3. The molecule has 3 aliphatic rings. The van der Waals surface area contributed by atoms with Crippen LogP contribution < -0.4 is 11.1 Å². The molecule has 2 unspecified atom stereocenters. The van der Waals surface area contributed by atoms with Crippen molar-refractivity contribution in [1.82, 2.24) is 15.1 Å². The number of piperidine rings is 1. The van der Waals surface area contributed by atoms with Crippen LogP contribution in [0.4, 0.5) is 0 Å². The van der Waals surface area contributed by atoms with Gasteiger partial charge in [0, 0.05) is 43.7 Å². The van der Waals surface area contributed by atoms with E-state index in [1.807, 2.05) is 18.2 Å². The van der Waals surface area contributed by atoms with Crippen molar-refractivity contribution in [2.75, 3.05) is 13.1 Å². The third-order valence-corrected chi connectivity index (χ3v) is 5.58. The van der Waals surface area contributed by atoms with E-state index in [0.29, 0.717) is 18.5 Å². The first kappa shape index (κ1) is 17.2. The summed E-state index contributed by atoms with van der Waals surface area (Å²) in [5.41, 5.74) is 8.74. The average molecular weight is 356 g/mol. The van der Waals surface area contributed by atoms with E-state index in [-0.39, 0.29) is 29.7 Å². The van der Waals surface area contributed by atoms with Gasteiger partial charge in [-0.05, 0) is 37.0 Å². The van der Waals surface area contributed by atoms with Gasteiger partial charge < -0.3 is 10.6 Å². The van der Waals surface area contributed by atoms with Crippen molar-refractivity contribution in [2.45, 2.75) is 50.9 Å². The van der Waals surface area contributed by atoms with Crippen molar-refractivity contribution in [3.63, 3.8) is 0 Å². The van der Waals surface area contributed by atoms with E-state index in [2.05, 4.69) is 17.1 Å². The highest BCUT2D eigenvalue weighted by molar-refractivity contribution is 6.05. The van der Waals surface area contributed by atoms with Crippen molar-refractivity contribution in [3.05, 3.63) is 34.9 Å². The fourth-order valence-electron chi connectivity index (χ4n) is 4.18. The van der Waals surface area contributed by atoms with Gasteiger partial charge in [0.25, 0.3) is 5.91 Å². The van der Waals surface area contributed by atoms with E-state index in [4.69, 9.17) is 5.73 Å². The van der Waals surface area contributed by atoms with Crippen LogP contribution in [0, 0.1) is 0 Å². The van der Waals surface area contributed by atoms with Gasteiger partial charge in [0.1, 0.15) is 6.04 Å². The number of rotatable bonds is 3. The molecule has 26 heavy (non-hydrogen) atoms. The van der Waals surface area contributed by atoms with Gasteiger partial charge in [-0.2, -0.15) is 0 Å². The fraction of sp³-hybridized carbons (Fsp3) is 0.526. The van der Waals surface area contributed by atoms with Gasteiger partial charge in [-0.1, -0.05) is 12.1 Å². The van der Waals surface area contributed by atoms with Crippen molar-refractivity contribution in [1.29, 1.82) is 0 Å². The maximum Gasteiger partial charge on any atom is 0.255 e. The van der Waals surface area contributed by atoms with E-state index < -0.39 is 6.04 Å². The second-order valence-electron chi connectivity index (χ2n) is 8.01. The van der Waals surface area contributed by atoms with Crippen molar-refractivity contribution in [2.24, 2.45) is 5.73 Å². The normalized spacial score (nSPS) is 29.2. The van der Waals surface area contributed by atoms with Gasteiger partial charge in [0.05, 0.1) is 0 Å². The number of hydrogen-bond acceptors (Lipinski definition) is 5. The number of nitrogens with zero attached hydrogens (tertiary/aromatic N) is 2. The Labute approximate surface area is 152 Å². The molecule has 0 aliphatic carbocycles. The lowest BCUT2D eigenvalue weighted by atomic mass is 10.0. The number of imide groups is 1. The summed E-state index contributed by atoms with van der Waals surface area (Å²) >= 11 is 0. The highest BCUT2D eigenvalue weighted by Crippen LogP contribution is 2.29. The predicted molar refractivity (Wildman–Crippen MR) is 95.0 cm³/mol. The standard InChI is InChI=1S/C19H24N4O3/c1-19(20)6-7-22(11-19)9-12-2-3-13-10-23(18(26)14(13)8-12)15-4-5-16(24)21-17(15)25/h2-3,8,15H,4-7,9-11,20H2,1H3,(H,21,24,25). The summed E-state index contributed by atoms with van der Waals surface area (Å²) in [6, 6.07) is 5.40. The highest BCUT2D eigenvalue weighted by Gasteiger charge is 2.39. The Balaban J connectivity index is 1.49. The maximum atomic E-state index is 12.8. The minimum atomic E-state index is -0.562. The first-order chi connectivity index (χ1) is 12.3. The van der Waals surface area contributed by atoms with Crippen LogP contribution in [0.1, 0.15) is 47.7 Å². The van der Waals surface area contributed by atoms with Gasteiger partial charge in [-0.25, -0.2) is 0 Å². The molecule has 3 amide bonds. The lowest BCUT2D eigenvalue weighted by Gasteiger charge is -2.29. The summed E-state index contributed by atoms with van der Waals surface area (Å²) in [5, 5.41) is 2.33. The third kappa shape index (κ3) is 3.12. The Kier molecular flexibility index (Phi) is 4.08. The van der Waals surface area contributed by atoms with Crippen LogP contribution in [0.3, 0.4) is 0 Å². The van der Waals surface area contributed by atoms with E-state index in [0.717, 1.165) is 37.2 Å². The van der Waals surface area contributed by atoms with E-state index in [1.54, 1.807) is 4.90 Å². The molecule has 3 heterocycles. The smallest absolute Gasteiger partial charge is 0.255 e. The summed E-state index contributed by atoms with van der Waals surface area (Å²) in [7, 11) is 0. The molecule has 0 aromatic heterocycles. The average Bonchev–Trinajstić information content (AvgIpc) is 3.07. The maximum absolute atomic E-state index is 12.8. The van der Waals surface area contributed by atoms with Gasteiger partial charge in [0.2, 0.25) is 11.8 Å². The molecule has 2 fully saturated rings. The van der Waals surface area contributed by atoms with Crippen LogP contribution in [-0.2, 0) is 22.7 Å². The van der Waals surface area contributed by atoms with Crippen molar-refractivity contribution >= 4 is 17.7 Å². The molecule has 0 bridgehead atoms. The number of benzene rings is 1. The molecular weight excluding hydrogens is 332 g/mol. The summed E-state index contributed by atoms with van der Waals surface area (Å²) in [6.45, 7) is 5.06. The quantitative estimate of drug-likeness (QED) is 0.763. The number of nitrogens with one attached hydrogen (secondary N) is 1. The number of hydrogen-bond donors (Lipinski definition) is 2. The topological polar surface area (TPSA) is 95.7 Å². The first-order valence-corrected chi connectivity index (χ1v) is 9.10. The molecule has 4 rings (SSSR count). The summed E-state index contributed by atoms with van der Waals surface area (Å²) in [6.07, 6.45) is 1.63. The second-order valence-corrected chi connectivity index (χ2v) is 8.01. The fourth-order valence-corrected chi connectivity index (χ4v) is 4.18. The van der Waals surface area contributed by atoms with E-state index in [9.17, 15) is 14.4 Å². The van der Waals surface area contributed by atoms with Gasteiger partial charge in [-0.15, -0.1) is 0 Å². The first-order valence-electron chi connectivity index (χ1n) is 9.10. The Morgan fingerprint density at radius 3 is 2.81 bits per heavy atom. The number of carbonyl (C=O) groups excluding carboxylic acids is 3. The molecule has 138 valence electrons. The van der Waals surface area contributed by atoms with Crippen LogP contribution in [0.15, 0.2) is 18.2 Å². The zero-order chi connectivity index (χ0) is 18.5. The minimum Gasteiger partial charge on any atom is -0.324 e. The summed E-state index contributed by atoms with van der Waals surface area (Å²) < 4.78 is 0. The van der Waals surface area contributed by atoms with Gasteiger partial charge >= 0.3 is 0 Å². The van der Waals surface area contributed by atoms with Crippen LogP contribution in [0.25, 0.3) is 0 Å². The lowest BCUT2D eigenvalue weighted by molar-refractivity contribution is -0.136. The molecule has 2 saturated heterocycles. The minimum absolute atomic E-state index is 0.124. The monoisotopic (exact) mass is 356 g/mol. The van der Waals surface area contributed by atoms with Gasteiger partial charge in [-0.3, -0.25) is 24.6 Å². The Morgan fingerprint density at radius 1 is 1.31 bits per heavy atom. The zero-order valence-electron chi connectivity index (χ0n) is 15.0. The molecule has 3 aliphatic heterocycles. The summed E-state index contributed by atoms with van der Waals surface area (Å²) in [4.78, 5) is 40.2. The van der Waals surface area contributed by atoms with Crippen LogP contribution in [-0.4, -0.2) is 52.2 Å². The number of fused-ring (bicyclic) bond motifs is 1. The SMILES string of the molecule is CC1(N)CCN(Cc2ccc3c(c2)C(=O)N(C2CCC(=O)NC2=O)C3)C1. The molecule has 3 N–H and O–H groups in total. The Hall–Kier alpha value is -2.25. The largest absolute Gasteiger partial charge is 0.324 e. The molecule has 7 nitrogen and oxygen atoms in total. The van der Waals surface area contributed by atoms with E-state index in [1.165, 1.54) is 0 Å². The van der Waals surface area contributed by atoms with Crippen LogP contribution in [0.5, 0.6) is 0 Å². The molecule has 7 heteroatoms. The number of likely N-dealkylation sites (tertiary alicyclic amines) is 1. The Morgan fingerprint density at radius 2 is 2.12 bits per heavy atom. The number of nitrogens with two attached hydrogens (primary N) is 1.